The van der Waals surface area contributed by atoms with Crippen molar-refractivity contribution in [1.82, 2.24) is 5.32 Å². The van der Waals surface area contributed by atoms with Gasteiger partial charge in [0.25, 0.3) is 5.91 Å². The Hall–Kier alpha value is -2.69. The molecule has 0 saturated heterocycles. The first-order valence-corrected chi connectivity index (χ1v) is 7.97. The monoisotopic (exact) mass is 327 g/mol. The molecule has 5 nitrogen and oxygen atoms in total. The Morgan fingerprint density at radius 1 is 1.08 bits per heavy atom. The molecule has 0 unspecified atom stereocenters. The first-order valence-electron chi connectivity index (χ1n) is 7.97. The van der Waals surface area contributed by atoms with Crippen LogP contribution >= 0.6 is 0 Å². The van der Waals surface area contributed by atoms with Gasteiger partial charge in [-0.1, -0.05) is 23.8 Å². The summed E-state index contributed by atoms with van der Waals surface area (Å²) in [6.45, 7) is 5.53. The summed E-state index contributed by atoms with van der Waals surface area (Å²) < 4.78 is 16.6. The normalized spacial score (nSPS) is 12.6. The summed E-state index contributed by atoms with van der Waals surface area (Å²) in [4.78, 5) is 12.0. The number of ether oxygens (including phenoxy) is 3. The zero-order chi connectivity index (χ0) is 16.9. The largest absolute Gasteiger partial charge is 0.486 e. The van der Waals surface area contributed by atoms with E-state index in [2.05, 4.69) is 5.32 Å². The lowest BCUT2D eigenvalue weighted by Crippen LogP contribution is -2.28. The number of carbonyl (C=O) groups excluding carboxylic acids is 1. The first-order chi connectivity index (χ1) is 11.6. The third-order valence-electron chi connectivity index (χ3n) is 3.79. The van der Waals surface area contributed by atoms with E-state index in [1.165, 1.54) is 5.56 Å². The molecule has 0 aliphatic carbocycles. The molecule has 2 aromatic rings. The van der Waals surface area contributed by atoms with Crippen LogP contribution in [0.3, 0.4) is 0 Å². The van der Waals surface area contributed by atoms with Gasteiger partial charge in [0.1, 0.15) is 19.0 Å². The van der Waals surface area contributed by atoms with E-state index in [0.29, 0.717) is 19.8 Å². The summed E-state index contributed by atoms with van der Waals surface area (Å²) in [7, 11) is 0. The van der Waals surface area contributed by atoms with Crippen LogP contribution in [0.5, 0.6) is 17.2 Å². The van der Waals surface area contributed by atoms with Crippen LogP contribution in [-0.2, 0) is 11.3 Å². The van der Waals surface area contributed by atoms with Crippen molar-refractivity contribution < 1.29 is 19.0 Å². The zero-order valence-corrected chi connectivity index (χ0v) is 13.9. The lowest BCUT2D eigenvalue weighted by molar-refractivity contribution is -0.123. The predicted octanol–water partition coefficient (Wildman–Crippen LogP) is 2.77. The highest BCUT2D eigenvalue weighted by Crippen LogP contribution is 2.30. The third kappa shape index (κ3) is 3.98. The highest BCUT2D eigenvalue weighted by atomic mass is 16.6. The first kappa shape index (κ1) is 16.2. The van der Waals surface area contributed by atoms with Gasteiger partial charge in [0.2, 0.25) is 0 Å². The molecule has 0 atom stereocenters. The van der Waals surface area contributed by atoms with Gasteiger partial charge in [-0.05, 0) is 43.2 Å². The Kier molecular flexibility index (Phi) is 4.89. The number of carbonyl (C=O) groups is 1. The van der Waals surface area contributed by atoms with E-state index >= 15 is 0 Å². The summed E-state index contributed by atoms with van der Waals surface area (Å²) in [6.07, 6.45) is 0. The van der Waals surface area contributed by atoms with Gasteiger partial charge < -0.3 is 19.5 Å². The van der Waals surface area contributed by atoms with Crippen molar-refractivity contribution in [2.45, 2.75) is 20.4 Å². The molecule has 0 saturated carbocycles. The average molecular weight is 327 g/mol. The molecule has 2 aromatic carbocycles. The maximum atomic E-state index is 12.0. The summed E-state index contributed by atoms with van der Waals surface area (Å²) >= 11 is 0. The van der Waals surface area contributed by atoms with Crippen molar-refractivity contribution in [2.24, 2.45) is 0 Å². The fourth-order valence-corrected chi connectivity index (χ4v) is 2.55. The summed E-state index contributed by atoms with van der Waals surface area (Å²) in [5.74, 6) is 2.04. The molecule has 1 amide bonds. The summed E-state index contributed by atoms with van der Waals surface area (Å²) in [5.41, 5.74) is 3.15. The fraction of sp³-hybridized carbons (Fsp3) is 0.316. The molecule has 1 aliphatic heterocycles. The van der Waals surface area contributed by atoms with Gasteiger partial charge in [-0.2, -0.15) is 0 Å². The smallest absolute Gasteiger partial charge is 0.258 e. The molecule has 126 valence electrons. The second kappa shape index (κ2) is 7.25. The van der Waals surface area contributed by atoms with E-state index in [1.807, 2.05) is 50.2 Å². The molecular formula is C19H21NO4. The molecule has 24 heavy (non-hydrogen) atoms. The minimum absolute atomic E-state index is 0.00550. The van der Waals surface area contributed by atoms with Gasteiger partial charge in [0.05, 0.1) is 0 Å². The van der Waals surface area contributed by atoms with Crippen molar-refractivity contribution in [1.29, 1.82) is 0 Å². The van der Waals surface area contributed by atoms with Crippen LogP contribution in [0.4, 0.5) is 0 Å². The standard InChI is InChI=1S/C19H21NO4/c1-13-3-5-16(14(2)9-13)24-12-19(21)20-11-15-4-6-17-18(10-15)23-8-7-22-17/h3-6,9-10H,7-8,11-12H2,1-2H3,(H,20,21). The number of hydrogen-bond acceptors (Lipinski definition) is 4. The molecule has 1 aliphatic rings. The van der Waals surface area contributed by atoms with Crippen LogP contribution in [0.2, 0.25) is 0 Å². The Morgan fingerprint density at radius 3 is 2.67 bits per heavy atom. The molecule has 5 heteroatoms. The quantitative estimate of drug-likeness (QED) is 0.917. The van der Waals surface area contributed by atoms with Crippen LogP contribution in [-0.4, -0.2) is 25.7 Å². The van der Waals surface area contributed by atoms with Gasteiger partial charge in [-0.15, -0.1) is 0 Å². The minimum atomic E-state index is -0.162. The average Bonchev–Trinajstić information content (AvgIpc) is 2.59. The lowest BCUT2D eigenvalue weighted by Gasteiger charge is -2.19. The fourth-order valence-electron chi connectivity index (χ4n) is 2.55. The Morgan fingerprint density at radius 2 is 1.88 bits per heavy atom. The Balaban J connectivity index is 1.50. The van der Waals surface area contributed by atoms with E-state index in [9.17, 15) is 4.79 Å². The number of nitrogens with one attached hydrogen (secondary N) is 1. The Bertz CT molecular complexity index is 742. The van der Waals surface area contributed by atoms with Gasteiger partial charge >= 0.3 is 0 Å². The van der Waals surface area contributed by atoms with Crippen molar-refractivity contribution in [3.05, 3.63) is 53.1 Å². The third-order valence-corrected chi connectivity index (χ3v) is 3.79. The topological polar surface area (TPSA) is 56.8 Å². The van der Waals surface area contributed by atoms with Crippen LogP contribution in [0.25, 0.3) is 0 Å². The van der Waals surface area contributed by atoms with Gasteiger partial charge in [0.15, 0.2) is 18.1 Å². The SMILES string of the molecule is Cc1ccc(OCC(=O)NCc2ccc3c(c2)OCCO3)c(C)c1. The molecule has 1 N–H and O–H groups in total. The van der Waals surface area contributed by atoms with Crippen molar-refractivity contribution in [3.63, 3.8) is 0 Å². The number of hydrogen-bond donors (Lipinski definition) is 1. The van der Waals surface area contributed by atoms with E-state index in [0.717, 1.165) is 28.4 Å². The number of aryl methyl sites for hydroxylation is 2. The maximum Gasteiger partial charge on any atom is 0.258 e. The summed E-state index contributed by atoms with van der Waals surface area (Å²) in [5, 5.41) is 2.85. The van der Waals surface area contributed by atoms with Crippen molar-refractivity contribution >= 4 is 5.91 Å². The van der Waals surface area contributed by atoms with Gasteiger partial charge in [0, 0.05) is 6.54 Å². The number of amides is 1. The highest BCUT2D eigenvalue weighted by Gasteiger charge is 2.12. The molecule has 0 aromatic heterocycles. The van der Waals surface area contributed by atoms with E-state index in [-0.39, 0.29) is 12.5 Å². The predicted molar refractivity (Wildman–Crippen MR) is 90.7 cm³/mol. The summed E-state index contributed by atoms with van der Waals surface area (Å²) in [6, 6.07) is 11.6. The van der Waals surface area contributed by atoms with Crippen molar-refractivity contribution in [2.75, 3.05) is 19.8 Å². The van der Waals surface area contributed by atoms with Crippen LogP contribution in [0, 0.1) is 13.8 Å². The molecule has 0 fully saturated rings. The second-order valence-corrected chi connectivity index (χ2v) is 5.81. The highest BCUT2D eigenvalue weighted by molar-refractivity contribution is 5.77. The zero-order valence-electron chi connectivity index (χ0n) is 13.9. The van der Waals surface area contributed by atoms with E-state index in [4.69, 9.17) is 14.2 Å². The van der Waals surface area contributed by atoms with Crippen LogP contribution < -0.4 is 19.5 Å². The molecule has 0 bridgehead atoms. The molecule has 0 radical (unpaired) electrons. The van der Waals surface area contributed by atoms with E-state index in [1.54, 1.807) is 0 Å². The number of benzene rings is 2. The van der Waals surface area contributed by atoms with Crippen molar-refractivity contribution in [3.8, 4) is 17.2 Å². The molecule has 0 spiro atoms. The Labute approximate surface area is 141 Å². The van der Waals surface area contributed by atoms with E-state index < -0.39 is 0 Å². The van der Waals surface area contributed by atoms with Gasteiger partial charge in [-0.3, -0.25) is 4.79 Å². The number of fused-ring (bicyclic) bond motifs is 1. The molecule has 1 heterocycles. The minimum Gasteiger partial charge on any atom is -0.486 e. The van der Waals surface area contributed by atoms with Gasteiger partial charge in [-0.25, -0.2) is 0 Å². The molecular weight excluding hydrogens is 306 g/mol. The molecule has 3 rings (SSSR count). The number of rotatable bonds is 5. The van der Waals surface area contributed by atoms with Crippen LogP contribution in [0.15, 0.2) is 36.4 Å². The van der Waals surface area contributed by atoms with Crippen LogP contribution in [0.1, 0.15) is 16.7 Å². The maximum absolute atomic E-state index is 12.0. The lowest BCUT2D eigenvalue weighted by atomic mass is 10.1. The second-order valence-electron chi connectivity index (χ2n) is 5.81.